The maximum atomic E-state index is 12.7. The highest BCUT2D eigenvalue weighted by Gasteiger charge is 2.44. The van der Waals surface area contributed by atoms with Crippen LogP contribution in [0.1, 0.15) is 46.0 Å². The van der Waals surface area contributed by atoms with Gasteiger partial charge in [-0.1, -0.05) is 42.5 Å². The van der Waals surface area contributed by atoms with E-state index in [9.17, 15) is 9.59 Å². The summed E-state index contributed by atoms with van der Waals surface area (Å²) in [4.78, 5) is 25.2. The number of rotatable bonds is 6. The smallest absolute Gasteiger partial charge is 0.331 e. The Morgan fingerprint density at radius 2 is 1.85 bits per heavy atom. The molecule has 1 aromatic carbocycles. The molecule has 0 bridgehead atoms. The van der Waals surface area contributed by atoms with E-state index in [2.05, 4.69) is 10.6 Å². The SMILES string of the molecule is COC(=O)[C@](C)(NC(=O)[C@H](C)Nc1ccc(Cl)c(Cl)c1)C1CCCCC1. The van der Waals surface area contributed by atoms with Crippen molar-refractivity contribution in [3.8, 4) is 0 Å². The molecule has 7 heteroatoms. The number of hydrogen-bond acceptors (Lipinski definition) is 4. The van der Waals surface area contributed by atoms with E-state index in [-0.39, 0.29) is 11.8 Å². The fourth-order valence-corrected chi connectivity index (χ4v) is 3.78. The summed E-state index contributed by atoms with van der Waals surface area (Å²) >= 11 is 11.9. The lowest BCUT2D eigenvalue weighted by Gasteiger charge is -2.38. The molecule has 2 atom stereocenters. The predicted molar refractivity (Wildman–Crippen MR) is 105 cm³/mol. The molecule has 2 N–H and O–H groups in total. The van der Waals surface area contributed by atoms with Crippen molar-refractivity contribution < 1.29 is 14.3 Å². The van der Waals surface area contributed by atoms with Crippen molar-refractivity contribution in [3.63, 3.8) is 0 Å². The van der Waals surface area contributed by atoms with Crippen LogP contribution in [-0.4, -0.2) is 30.6 Å². The standard InChI is InChI=1S/C19H26Cl2N2O3/c1-12(22-14-9-10-15(20)16(21)11-14)17(24)23-19(2,18(25)26-3)13-7-5-4-6-8-13/h9-13,22H,4-8H2,1-3H3,(H,23,24)/t12-,19+/m0/s1. The van der Waals surface area contributed by atoms with Gasteiger partial charge in [0.05, 0.1) is 17.2 Å². The summed E-state index contributed by atoms with van der Waals surface area (Å²) in [6.07, 6.45) is 5.09. The van der Waals surface area contributed by atoms with Gasteiger partial charge in [0, 0.05) is 5.69 Å². The molecule has 144 valence electrons. The lowest BCUT2D eigenvalue weighted by molar-refractivity contribution is -0.153. The Kier molecular flexibility index (Phi) is 7.18. The minimum atomic E-state index is -1.03. The van der Waals surface area contributed by atoms with Crippen molar-refractivity contribution >= 4 is 40.8 Å². The highest BCUT2D eigenvalue weighted by atomic mass is 35.5. The molecule has 0 aliphatic heterocycles. The molecule has 5 nitrogen and oxygen atoms in total. The van der Waals surface area contributed by atoms with Gasteiger partial charge >= 0.3 is 5.97 Å². The van der Waals surface area contributed by atoms with Gasteiger partial charge in [0.1, 0.15) is 11.6 Å². The topological polar surface area (TPSA) is 67.4 Å². The lowest BCUT2D eigenvalue weighted by Crippen LogP contribution is -2.60. The van der Waals surface area contributed by atoms with E-state index in [4.69, 9.17) is 27.9 Å². The summed E-state index contributed by atoms with van der Waals surface area (Å²) in [5, 5.41) is 6.87. The summed E-state index contributed by atoms with van der Waals surface area (Å²) in [5.41, 5.74) is -0.348. The Labute approximate surface area is 164 Å². The molecule has 0 aromatic heterocycles. The first-order valence-electron chi connectivity index (χ1n) is 8.90. The second kappa shape index (κ2) is 8.96. The third-order valence-corrected chi connectivity index (χ3v) is 5.85. The first-order chi connectivity index (χ1) is 12.3. The summed E-state index contributed by atoms with van der Waals surface area (Å²) in [5.74, 6) is -0.598. The van der Waals surface area contributed by atoms with Crippen molar-refractivity contribution in [3.05, 3.63) is 28.2 Å². The molecule has 1 aliphatic carbocycles. The van der Waals surface area contributed by atoms with Crippen LogP contribution in [0, 0.1) is 5.92 Å². The van der Waals surface area contributed by atoms with Crippen molar-refractivity contribution in [2.75, 3.05) is 12.4 Å². The van der Waals surface area contributed by atoms with E-state index in [1.807, 2.05) is 0 Å². The number of esters is 1. The van der Waals surface area contributed by atoms with Crippen LogP contribution in [-0.2, 0) is 14.3 Å². The molecule has 0 saturated heterocycles. The number of carbonyl (C=O) groups excluding carboxylic acids is 2. The number of ether oxygens (including phenoxy) is 1. The van der Waals surface area contributed by atoms with Gasteiger partial charge in [-0.15, -0.1) is 0 Å². The number of methoxy groups -OCH3 is 1. The van der Waals surface area contributed by atoms with Crippen LogP contribution in [0.5, 0.6) is 0 Å². The largest absolute Gasteiger partial charge is 0.467 e. The van der Waals surface area contributed by atoms with E-state index >= 15 is 0 Å². The molecule has 0 heterocycles. The molecule has 1 amide bonds. The van der Waals surface area contributed by atoms with Gasteiger partial charge in [-0.2, -0.15) is 0 Å². The maximum absolute atomic E-state index is 12.7. The Morgan fingerprint density at radius 1 is 1.19 bits per heavy atom. The minimum Gasteiger partial charge on any atom is -0.467 e. The monoisotopic (exact) mass is 400 g/mol. The predicted octanol–water partition coefficient (Wildman–Crippen LogP) is 4.42. The molecular formula is C19H26Cl2N2O3. The molecule has 1 fully saturated rings. The maximum Gasteiger partial charge on any atom is 0.331 e. The number of nitrogens with one attached hydrogen (secondary N) is 2. The van der Waals surface area contributed by atoms with Gasteiger partial charge in [0.15, 0.2) is 0 Å². The molecular weight excluding hydrogens is 375 g/mol. The number of carbonyl (C=O) groups is 2. The highest BCUT2D eigenvalue weighted by Crippen LogP contribution is 2.33. The fraction of sp³-hybridized carbons (Fsp3) is 0.579. The fourth-order valence-electron chi connectivity index (χ4n) is 3.48. The first-order valence-corrected chi connectivity index (χ1v) is 9.65. The number of anilines is 1. The quantitative estimate of drug-likeness (QED) is 0.693. The Bertz CT molecular complexity index is 662. The van der Waals surface area contributed by atoms with Gasteiger partial charge in [-0.05, 0) is 50.8 Å². The summed E-state index contributed by atoms with van der Waals surface area (Å²) in [7, 11) is 1.35. The zero-order valence-corrected chi connectivity index (χ0v) is 16.9. The third kappa shape index (κ3) is 4.83. The Balaban J connectivity index is 2.09. The normalized spacial score (nSPS) is 18.5. The second-order valence-corrected chi connectivity index (χ2v) is 7.83. The molecule has 2 rings (SSSR count). The molecule has 1 aromatic rings. The molecule has 0 unspecified atom stereocenters. The third-order valence-electron chi connectivity index (χ3n) is 5.11. The van der Waals surface area contributed by atoms with E-state index < -0.39 is 17.6 Å². The molecule has 0 radical (unpaired) electrons. The van der Waals surface area contributed by atoms with E-state index in [0.717, 1.165) is 32.1 Å². The first kappa shape index (κ1) is 20.8. The summed E-state index contributed by atoms with van der Waals surface area (Å²) in [6, 6.07) is 4.52. The highest BCUT2D eigenvalue weighted by molar-refractivity contribution is 6.42. The zero-order chi connectivity index (χ0) is 19.3. The Hall–Kier alpha value is -1.46. The number of benzene rings is 1. The minimum absolute atomic E-state index is 0.0739. The van der Waals surface area contributed by atoms with Gasteiger partial charge in [-0.3, -0.25) is 4.79 Å². The van der Waals surface area contributed by atoms with Crippen LogP contribution in [0.25, 0.3) is 0 Å². The Morgan fingerprint density at radius 3 is 2.42 bits per heavy atom. The average Bonchev–Trinajstić information content (AvgIpc) is 2.64. The summed E-state index contributed by atoms with van der Waals surface area (Å²) < 4.78 is 4.99. The van der Waals surface area contributed by atoms with Crippen LogP contribution in [0.15, 0.2) is 18.2 Å². The molecule has 1 aliphatic rings. The van der Waals surface area contributed by atoms with E-state index in [1.54, 1.807) is 32.0 Å². The second-order valence-electron chi connectivity index (χ2n) is 7.01. The lowest BCUT2D eigenvalue weighted by atomic mass is 9.75. The van der Waals surface area contributed by atoms with Crippen molar-refractivity contribution in [2.24, 2.45) is 5.92 Å². The average molecular weight is 401 g/mol. The summed E-state index contributed by atoms with van der Waals surface area (Å²) in [6.45, 7) is 3.50. The van der Waals surface area contributed by atoms with Crippen LogP contribution < -0.4 is 10.6 Å². The van der Waals surface area contributed by atoms with Crippen LogP contribution in [0.3, 0.4) is 0 Å². The van der Waals surface area contributed by atoms with E-state index in [1.165, 1.54) is 7.11 Å². The van der Waals surface area contributed by atoms with Crippen LogP contribution >= 0.6 is 23.2 Å². The molecule has 26 heavy (non-hydrogen) atoms. The van der Waals surface area contributed by atoms with Crippen molar-refractivity contribution in [1.29, 1.82) is 0 Å². The van der Waals surface area contributed by atoms with E-state index in [0.29, 0.717) is 15.7 Å². The van der Waals surface area contributed by atoms with Crippen molar-refractivity contribution in [2.45, 2.75) is 57.5 Å². The van der Waals surface area contributed by atoms with Crippen LogP contribution in [0.4, 0.5) is 5.69 Å². The number of hydrogen-bond donors (Lipinski definition) is 2. The molecule has 1 saturated carbocycles. The van der Waals surface area contributed by atoms with Crippen molar-refractivity contribution in [1.82, 2.24) is 5.32 Å². The zero-order valence-electron chi connectivity index (χ0n) is 15.4. The van der Waals surface area contributed by atoms with Gasteiger partial charge in [0.25, 0.3) is 0 Å². The van der Waals surface area contributed by atoms with Gasteiger partial charge < -0.3 is 15.4 Å². The van der Waals surface area contributed by atoms with Crippen LogP contribution in [0.2, 0.25) is 10.0 Å². The van der Waals surface area contributed by atoms with Gasteiger partial charge in [-0.25, -0.2) is 4.79 Å². The number of halogens is 2. The van der Waals surface area contributed by atoms with Gasteiger partial charge in [0.2, 0.25) is 5.91 Å². The molecule has 0 spiro atoms. The number of amides is 1.